The molecule has 0 aliphatic rings. The van der Waals surface area contributed by atoms with E-state index in [4.69, 9.17) is 4.74 Å². The smallest absolute Gasteiger partial charge is 0.310 e. The van der Waals surface area contributed by atoms with Gasteiger partial charge >= 0.3 is 5.97 Å². The lowest BCUT2D eigenvalue weighted by molar-refractivity contribution is -0.145. The molecule has 0 spiro atoms. The van der Waals surface area contributed by atoms with Gasteiger partial charge in [0, 0.05) is 11.0 Å². The number of ether oxygens (including phenoxy) is 1. The van der Waals surface area contributed by atoms with Gasteiger partial charge in [0.25, 0.3) is 0 Å². The fourth-order valence-corrected chi connectivity index (χ4v) is 3.17. The maximum Gasteiger partial charge on any atom is 0.310 e. The number of hydrogen-bond donors (Lipinski definition) is 2. The van der Waals surface area contributed by atoms with Gasteiger partial charge in [0.05, 0.1) is 18.4 Å². The lowest BCUT2D eigenvalue weighted by atomic mass is 9.83. The van der Waals surface area contributed by atoms with E-state index in [-0.39, 0.29) is 24.2 Å². The summed E-state index contributed by atoms with van der Waals surface area (Å²) in [6.07, 6.45) is 0.407. The highest BCUT2D eigenvalue weighted by molar-refractivity contribution is 9.10. The molecule has 0 fully saturated rings. The quantitative estimate of drug-likeness (QED) is 0.654. The average Bonchev–Trinajstić information content (AvgIpc) is 2.65. The topological polar surface area (TPSA) is 75.6 Å². The Morgan fingerprint density at radius 3 is 2.44 bits per heavy atom. The molecule has 2 aromatic rings. The summed E-state index contributed by atoms with van der Waals surface area (Å²) in [6, 6.07) is 14.2. The Balaban J connectivity index is 2.08. The number of esters is 1. The number of carbonyl (C=O) groups excluding carboxylic acids is 2. The number of halogens is 1. The first-order valence-corrected chi connectivity index (χ1v) is 9.43. The van der Waals surface area contributed by atoms with E-state index >= 15 is 0 Å². The molecular weight excluding hydrogens is 410 g/mol. The zero-order valence-corrected chi connectivity index (χ0v) is 17.2. The maximum atomic E-state index is 12.8. The highest BCUT2D eigenvalue weighted by Crippen LogP contribution is 2.26. The van der Waals surface area contributed by atoms with Crippen molar-refractivity contribution < 1.29 is 19.4 Å². The monoisotopic (exact) mass is 433 g/mol. The number of benzene rings is 2. The fraction of sp³-hybridized carbons (Fsp3) is 0.333. The first-order chi connectivity index (χ1) is 12.7. The Kier molecular flexibility index (Phi) is 7.02. The van der Waals surface area contributed by atoms with Crippen molar-refractivity contribution in [3.63, 3.8) is 0 Å². The molecule has 0 bridgehead atoms. The number of hydrogen-bond acceptors (Lipinski definition) is 4. The minimum atomic E-state index is -0.747. The molecule has 0 heterocycles. The number of methoxy groups -OCH3 is 1. The Labute approximate surface area is 167 Å². The van der Waals surface area contributed by atoms with Crippen LogP contribution in [0.5, 0.6) is 5.75 Å². The van der Waals surface area contributed by atoms with Crippen molar-refractivity contribution in [3.05, 3.63) is 64.1 Å². The van der Waals surface area contributed by atoms with Crippen LogP contribution in [-0.4, -0.2) is 30.6 Å². The second-order valence-electron chi connectivity index (χ2n) is 6.94. The van der Waals surface area contributed by atoms with Crippen LogP contribution in [0, 0.1) is 5.92 Å². The minimum absolute atomic E-state index is 0.164. The highest BCUT2D eigenvalue weighted by atomic mass is 79.9. The fourth-order valence-electron chi connectivity index (χ4n) is 2.77. The van der Waals surface area contributed by atoms with Gasteiger partial charge in [-0.2, -0.15) is 0 Å². The molecule has 0 radical (unpaired) electrons. The molecule has 144 valence electrons. The summed E-state index contributed by atoms with van der Waals surface area (Å²) < 4.78 is 5.78. The molecule has 2 rings (SSSR count). The van der Waals surface area contributed by atoms with E-state index in [9.17, 15) is 14.7 Å². The first kappa shape index (κ1) is 21.0. The van der Waals surface area contributed by atoms with Crippen LogP contribution in [0.25, 0.3) is 0 Å². The summed E-state index contributed by atoms with van der Waals surface area (Å²) in [5.74, 6) is -0.900. The van der Waals surface area contributed by atoms with Crippen molar-refractivity contribution in [2.75, 3.05) is 13.7 Å². The molecule has 5 nitrogen and oxygen atoms in total. The van der Waals surface area contributed by atoms with Crippen LogP contribution in [0.4, 0.5) is 0 Å². The molecule has 0 aromatic heterocycles. The third-order valence-electron chi connectivity index (χ3n) is 4.58. The van der Waals surface area contributed by atoms with Gasteiger partial charge in [-0.15, -0.1) is 0 Å². The Morgan fingerprint density at radius 1 is 1.19 bits per heavy atom. The van der Waals surface area contributed by atoms with Gasteiger partial charge in [-0.1, -0.05) is 40.2 Å². The van der Waals surface area contributed by atoms with Crippen LogP contribution in [0.15, 0.2) is 53.0 Å². The van der Waals surface area contributed by atoms with Crippen molar-refractivity contribution in [1.29, 1.82) is 0 Å². The Hall–Kier alpha value is -2.34. The van der Waals surface area contributed by atoms with E-state index in [0.717, 1.165) is 15.6 Å². The summed E-state index contributed by atoms with van der Waals surface area (Å²) >= 11 is 3.43. The molecule has 0 saturated carbocycles. The molecule has 2 aromatic carbocycles. The first-order valence-electron chi connectivity index (χ1n) is 8.64. The second-order valence-corrected chi connectivity index (χ2v) is 7.85. The van der Waals surface area contributed by atoms with Crippen LogP contribution in [-0.2, 0) is 26.2 Å². The van der Waals surface area contributed by atoms with E-state index in [1.54, 1.807) is 24.3 Å². The molecule has 6 heteroatoms. The van der Waals surface area contributed by atoms with Crippen LogP contribution in [0.2, 0.25) is 0 Å². The van der Waals surface area contributed by atoms with Gasteiger partial charge in [-0.25, -0.2) is 0 Å². The molecule has 1 amide bonds. The normalized spacial score (nSPS) is 12.3. The van der Waals surface area contributed by atoms with Crippen molar-refractivity contribution in [2.24, 2.45) is 5.92 Å². The predicted octanol–water partition coefficient (Wildman–Crippen LogP) is 3.58. The minimum Gasteiger partial charge on any atom is -0.508 e. The van der Waals surface area contributed by atoms with E-state index < -0.39 is 11.3 Å². The third-order valence-corrected chi connectivity index (χ3v) is 5.07. The summed E-state index contributed by atoms with van der Waals surface area (Å²) in [7, 11) is 1.33. The van der Waals surface area contributed by atoms with Crippen LogP contribution < -0.4 is 5.32 Å². The molecule has 1 unspecified atom stereocenters. The van der Waals surface area contributed by atoms with Crippen LogP contribution in [0.3, 0.4) is 0 Å². The zero-order chi connectivity index (χ0) is 20.0. The van der Waals surface area contributed by atoms with Gasteiger partial charge in [0.15, 0.2) is 0 Å². The highest BCUT2D eigenvalue weighted by Gasteiger charge is 2.31. The van der Waals surface area contributed by atoms with E-state index in [0.29, 0.717) is 6.42 Å². The number of amides is 1. The van der Waals surface area contributed by atoms with Gasteiger partial charge in [0.2, 0.25) is 5.91 Å². The lowest BCUT2D eigenvalue weighted by Gasteiger charge is -2.25. The van der Waals surface area contributed by atoms with Crippen molar-refractivity contribution >= 4 is 27.8 Å². The van der Waals surface area contributed by atoms with Crippen molar-refractivity contribution in [1.82, 2.24) is 5.32 Å². The zero-order valence-electron chi connectivity index (χ0n) is 15.7. The van der Waals surface area contributed by atoms with Gasteiger partial charge in [-0.05, 0) is 55.7 Å². The Morgan fingerprint density at radius 2 is 1.85 bits per heavy atom. The number of aromatic hydroxyl groups is 1. The lowest BCUT2D eigenvalue weighted by Crippen LogP contribution is -2.43. The Bertz CT molecular complexity index is 802. The molecular formula is C21H24BrNO4. The molecule has 2 N–H and O–H groups in total. The van der Waals surface area contributed by atoms with E-state index in [1.165, 1.54) is 7.11 Å². The summed E-state index contributed by atoms with van der Waals surface area (Å²) in [5, 5.41) is 12.3. The summed E-state index contributed by atoms with van der Waals surface area (Å²) in [6.45, 7) is 3.86. The summed E-state index contributed by atoms with van der Waals surface area (Å²) in [5.41, 5.74) is 1.01. The number of carbonyl (C=O) groups is 2. The SMILES string of the molecule is COC(=O)C(CNC(=O)C(C)(C)c1cccc(Br)c1)Cc1ccc(O)cc1. The molecule has 27 heavy (non-hydrogen) atoms. The average molecular weight is 434 g/mol. The van der Waals surface area contributed by atoms with E-state index in [2.05, 4.69) is 21.2 Å². The standard InChI is InChI=1S/C21H24BrNO4/c1-21(2,16-5-4-6-17(22)12-16)20(26)23-13-15(19(25)27-3)11-14-7-9-18(24)10-8-14/h4-10,12,15,24H,11,13H2,1-3H3,(H,23,26). The van der Waals surface area contributed by atoms with Crippen molar-refractivity contribution in [3.8, 4) is 5.75 Å². The van der Waals surface area contributed by atoms with E-state index in [1.807, 2.05) is 38.1 Å². The van der Waals surface area contributed by atoms with Crippen LogP contribution in [0.1, 0.15) is 25.0 Å². The molecule has 0 saturated heterocycles. The van der Waals surface area contributed by atoms with Gasteiger partial charge < -0.3 is 15.2 Å². The van der Waals surface area contributed by atoms with Crippen molar-refractivity contribution in [2.45, 2.75) is 25.7 Å². The molecule has 1 atom stereocenters. The molecule has 0 aliphatic heterocycles. The van der Waals surface area contributed by atoms with Gasteiger partial charge in [0.1, 0.15) is 5.75 Å². The predicted molar refractivity (Wildman–Crippen MR) is 107 cm³/mol. The largest absolute Gasteiger partial charge is 0.508 e. The number of nitrogens with one attached hydrogen (secondary N) is 1. The van der Waals surface area contributed by atoms with Gasteiger partial charge in [-0.3, -0.25) is 9.59 Å². The number of phenolic OH excluding ortho intramolecular Hbond substituents is 1. The second kappa shape index (κ2) is 9.04. The number of phenols is 1. The number of rotatable bonds is 7. The third kappa shape index (κ3) is 5.57. The molecule has 0 aliphatic carbocycles. The summed E-state index contributed by atoms with van der Waals surface area (Å²) in [4.78, 5) is 24.9. The van der Waals surface area contributed by atoms with Crippen LogP contribution >= 0.6 is 15.9 Å². The maximum absolute atomic E-state index is 12.8.